The minimum atomic E-state index is -0.898. The van der Waals surface area contributed by atoms with E-state index in [1.165, 1.54) is 4.90 Å². The molecule has 0 bridgehead atoms. The average Bonchev–Trinajstić information content (AvgIpc) is 3.76. The van der Waals surface area contributed by atoms with E-state index in [0.717, 1.165) is 41.0 Å². The molecule has 14 heteroatoms. The lowest BCUT2D eigenvalue weighted by Gasteiger charge is -2.35. The summed E-state index contributed by atoms with van der Waals surface area (Å²) in [6.45, 7) is 12.1. The maximum atomic E-state index is 14.0. The number of nitrogens with one attached hydrogen (secondary N) is 5. The van der Waals surface area contributed by atoms with Gasteiger partial charge in [0.15, 0.2) is 0 Å². The van der Waals surface area contributed by atoms with Gasteiger partial charge in [-0.25, -0.2) is 10.4 Å². The number of thiazole rings is 1. The molecule has 2 aromatic carbocycles. The number of aliphatic hydroxyl groups is 1. The summed E-state index contributed by atoms with van der Waals surface area (Å²) in [4.78, 5) is 72.0. The molecule has 55 heavy (non-hydrogen) atoms. The summed E-state index contributed by atoms with van der Waals surface area (Å²) in [5.41, 5.74) is 10.6. The predicted octanol–water partition coefficient (Wildman–Crippen LogP) is 5.41. The molecule has 1 fully saturated rings. The minimum Gasteiger partial charge on any atom is -0.391 e. The fourth-order valence-corrected chi connectivity index (χ4v) is 7.25. The minimum absolute atomic E-state index is 0.00350. The van der Waals surface area contributed by atoms with Crippen molar-refractivity contribution in [1.29, 1.82) is 0 Å². The van der Waals surface area contributed by atoms with Gasteiger partial charge in [-0.2, -0.15) is 0 Å². The molecule has 298 valence electrons. The molecule has 13 nitrogen and oxygen atoms in total. The second kappa shape index (κ2) is 20.3. The summed E-state index contributed by atoms with van der Waals surface area (Å²) in [7, 11) is 0. The topological polar surface area (TPSA) is 182 Å². The number of hydrazine groups is 1. The van der Waals surface area contributed by atoms with Gasteiger partial charge < -0.3 is 26.0 Å². The Bertz CT molecular complexity index is 1760. The van der Waals surface area contributed by atoms with Crippen LogP contribution in [0.4, 0.5) is 5.69 Å². The first-order valence-corrected chi connectivity index (χ1v) is 20.1. The van der Waals surface area contributed by atoms with Gasteiger partial charge in [-0.1, -0.05) is 64.8 Å². The number of rotatable bonds is 18. The quantitative estimate of drug-likeness (QED) is 0.0733. The van der Waals surface area contributed by atoms with Crippen LogP contribution in [0.3, 0.4) is 0 Å². The van der Waals surface area contributed by atoms with Crippen LogP contribution in [0, 0.1) is 12.3 Å². The number of hydrogen-bond donors (Lipinski definition) is 6. The van der Waals surface area contributed by atoms with Crippen LogP contribution < -0.4 is 26.8 Å². The van der Waals surface area contributed by atoms with Crippen LogP contribution in [-0.4, -0.2) is 75.8 Å². The lowest BCUT2D eigenvalue weighted by Crippen LogP contribution is -2.57. The molecule has 4 atom stereocenters. The van der Waals surface area contributed by atoms with E-state index in [9.17, 15) is 29.1 Å². The Morgan fingerprint density at radius 2 is 1.58 bits per heavy atom. The number of aryl methyl sites for hydroxylation is 1. The average molecular weight is 776 g/mol. The van der Waals surface area contributed by atoms with Crippen LogP contribution in [0.2, 0.25) is 0 Å². The maximum absolute atomic E-state index is 14.0. The number of hydrogen-bond acceptors (Lipinski definition) is 9. The van der Waals surface area contributed by atoms with E-state index in [1.54, 1.807) is 35.6 Å². The first-order chi connectivity index (χ1) is 26.2. The van der Waals surface area contributed by atoms with Crippen LogP contribution in [-0.2, 0) is 19.2 Å². The maximum Gasteiger partial charge on any atom is 0.265 e. The summed E-state index contributed by atoms with van der Waals surface area (Å²) in [5, 5.41) is 19.4. The van der Waals surface area contributed by atoms with Crippen molar-refractivity contribution in [3.8, 4) is 10.4 Å². The van der Waals surface area contributed by atoms with Crippen molar-refractivity contribution >= 4 is 46.6 Å². The van der Waals surface area contributed by atoms with Crippen molar-refractivity contribution in [2.45, 2.75) is 117 Å². The summed E-state index contributed by atoms with van der Waals surface area (Å²) < 4.78 is 0. The Balaban J connectivity index is 1.21. The van der Waals surface area contributed by atoms with Gasteiger partial charge in [0.05, 0.1) is 28.2 Å². The van der Waals surface area contributed by atoms with Gasteiger partial charge in [0.2, 0.25) is 23.6 Å². The number of β-amino-alcohol motifs (C(OH)–C–C–N with tert-alkyl or cyclic N) is 1. The van der Waals surface area contributed by atoms with Crippen LogP contribution in [0.25, 0.3) is 10.4 Å². The number of aliphatic hydroxyl groups excluding tert-OH is 1. The van der Waals surface area contributed by atoms with Crippen LogP contribution >= 0.6 is 11.3 Å². The first-order valence-electron chi connectivity index (χ1n) is 19.2. The van der Waals surface area contributed by atoms with Gasteiger partial charge in [-0.15, -0.1) is 11.3 Å². The molecule has 0 spiro atoms. The summed E-state index contributed by atoms with van der Waals surface area (Å²) in [5.74, 6) is -1.40. The number of nitrogens with zero attached hydrogens (tertiary/aromatic N) is 2. The van der Waals surface area contributed by atoms with Crippen molar-refractivity contribution in [3.05, 3.63) is 70.9 Å². The number of amides is 5. The Morgan fingerprint density at radius 1 is 0.927 bits per heavy atom. The van der Waals surface area contributed by atoms with E-state index in [4.69, 9.17) is 0 Å². The molecule has 4 rings (SSSR count). The normalized spacial score (nSPS) is 16.6. The largest absolute Gasteiger partial charge is 0.391 e. The fraction of sp³-hybridized carbons (Fsp3) is 0.512. The smallest absolute Gasteiger partial charge is 0.265 e. The predicted molar refractivity (Wildman–Crippen MR) is 215 cm³/mol. The molecule has 6 N–H and O–H groups in total. The molecule has 0 radical (unpaired) electrons. The molecule has 5 amide bonds. The third-order valence-electron chi connectivity index (χ3n) is 9.63. The second-order valence-electron chi connectivity index (χ2n) is 15.3. The fourth-order valence-electron chi connectivity index (χ4n) is 6.44. The molecule has 0 saturated carbocycles. The van der Waals surface area contributed by atoms with Crippen LogP contribution in [0.1, 0.15) is 114 Å². The molecule has 3 aromatic rings. The molecular weight excluding hydrogens is 719 g/mol. The standard InChI is InChI=1S/C41H57N7O6S/c1-7-22-43-47-38(52)30-18-20-31(21-19-30)45-34(50)12-10-8-9-11-13-35(51)46-37(41(4,5)6)40(54)48-24-32(49)23-33(48)39(53)44-26(2)28-14-16-29(17-15-28)36-27(3)42-25-55-36/h14-21,25-26,32-33,37,43,49H,7-13,22-24H2,1-6H3,(H,44,53)(H,45,50)(H,46,51)(H,47,52)/t26-,32+,33-,37+/m0/s1. The molecule has 1 aliphatic rings. The van der Waals surface area contributed by atoms with Crippen LogP contribution in [0.15, 0.2) is 54.0 Å². The number of carbonyl (C=O) groups is 5. The zero-order valence-corrected chi connectivity index (χ0v) is 33.7. The van der Waals surface area contributed by atoms with Gasteiger partial charge in [0, 0.05) is 43.6 Å². The summed E-state index contributed by atoms with van der Waals surface area (Å²) in [6, 6.07) is 12.5. The molecular formula is C41H57N7O6S. The Hall–Kier alpha value is -4.66. The van der Waals surface area contributed by atoms with Crippen molar-refractivity contribution in [2.24, 2.45) is 5.41 Å². The van der Waals surface area contributed by atoms with Gasteiger partial charge in [-0.3, -0.25) is 29.4 Å². The number of aromatic nitrogens is 1. The van der Waals surface area contributed by atoms with Crippen molar-refractivity contribution in [1.82, 2.24) is 31.4 Å². The zero-order valence-electron chi connectivity index (χ0n) is 32.9. The van der Waals surface area contributed by atoms with Crippen molar-refractivity contribution in [2.75, 3.05) is 18.4 Å². The Kier molecular flexibility index (Phi) is 15.9. The third kappa shape index (κ3) is 12.7. The number of carbonyl (C=O) groups excluding carboxylic acids is 5. The number of benzene rings is 2. The van der Waals surface area contributed by atoms with E-state index in [0.29, 0.717) is 37.1 Å². The highest BCUT2D eigenvalue weighted by Gasteiger charge is 2.44. The molecule has 1 aliphatic heterocycles. The third-order valence-corrected chi connectivity index (χ3v) is 10.6. The second-order valence-corrected chi connectivity index (χ2v) is 16.2. The highest BCUT2D eigenvalue weighted by Crippen LogP contribution is 2.29. The molecule has 2 heterocycles. The molecule has 1 aromatic heterocycles. The number of likely N-dealkylation sites (tertiary alicyclic amines) is 1. The lowest BCUT2D eigenvalue weighted by molar-refractivity contribution is -0.144. The monoisotopic (exact) mass is 775 g/mol. The number of unbranched alkanes of at least 4 members (excludes halogenated alkanes) is 3. The first kappa shape index (κ1) is 43.1. The molecule has 1 saturated heterocycles. The van der Waals surface area contributed by atoms with Gasteiger partial charge in [0.1, 0.15) is 12.1 Å². The van der Waals surface area contributed by atoms with Crippen LogP contribution in [0.5, 0.6) is 0 Å². The van der Waals surface area contributed by atoms with Gasteiger partial charge in [-0.05, 0) is 73.9 Å². The van der Waals surface area contributed by atoms with E-state index in [2.05, 4.69) is 31.8 Å². The molecule has 0 unspecified atom stereocenters. The molecule has 0 aliphatic carbocycles. The van der Waals surface area contributed by atoms with Gasteiger partial charge >= 0.3 is 0 Å². The Morgan fingerprint density at radius 3 is 2.18 bits per heavy atom. The number of anilines is 1. The van der Waals surface area contributed by atoms with Gasteiger partial charge in [0.25, 0.3) is 5.91 Å². The van der Waals surface area contributed by atoms with E-state index < -0.39 is 29.5 Å². The van der Waals surface area contributed by atoms with Crippen molar-refractivity contribution < 1.29 is 29.1 Å². The van der Waals surface area contributed by atoms with E-state index >= 15 is 0 Å². The highest BCUT2D eigenvalue weighted by molar-refractivity contribution is 7.13. The zero-order chi connectivity index (χ0) is 40.1. The summed E-state index contributed by atoms with van der Waals surface area (Å²) in [6.07, 6.45) is 3.41. The van der Waals surface area contributed by atoms with E-state index in [-0.39, 0.29) is 49.1 Å². The van der Waals surface area contributed by atoms with Crippen molar-refractivity contribution in [3.63, 3.8) is 0 Å². The highest BCUT2D eigenvalue weighted by atomic mass is 32.1. The lowest BCUT2D eigenvalue weighted by atomic mass is 9.85. The summed E-state index contributed by atoms with van der Waals surface area (Å²) >= 11 is 1.58. The van der Waals surface area contributed by atoms with E-state index in [1.807, 2.05) is 71.3 Å². The Labute approximate surface area is 328 Å². The SMILES string of the molecule is CCCNNC(=O)c1ccc(NC(=O)CCCCCCC(=O)N[C@H](C(=O)N2C[C@H](O)C[C@H]2C(=O)N[C@@H](C)c2ccc(-c3scnc3C)cc2)C(C)(C)C)cc1.